The molecule has 0 unspecified atom stereocenters. The molecule has 2 amide bonds. The zero-order chi connectivity index (χ0) is 22.5. The normalized spacial score (nSPS) is 10.5. The number of rotatable bonds is 6. The van der Waals surface area contributed by atoms with E-state index < -0.39 is 17.2 Å². The molecule has 0 bridgehead atoms. The highest BCUT2D eigenvalue weighted by Crippen LogP contribution is 2.21. The summed E-state index contributed by atoms with van der Waals surface area (Å²) in [7, 11) is 0. The summed E-state index contributed by atoms with van der Waals surface area (Å²) in [6, 6.07) is 15.5. The van der Waals surface area contributed by atoms with Gasteiger partial charge in [-0.2, -0.15) is 0 Å². The Labute approximate surface area is 178 Å². The average Bonchev–Trinajstić information content (AvgIpc) is 2.74. The number of H-pyrrole nitrogens is 1. The van der Waals surface area contributed by atoms with Crippen molar-refractivity contribution < 1.29 is 9.59 Å². The van der Waals surface area contributed by atoms with E-state index in [9.17, 15) is 19.2 Å². The lowest BCUT2D eigenvalue weighted by Crippen LogP contribution is -2.41. The molecule has 3 aromatic rings. The van der Waals surface area contributed by atoms with Crippen LogP contribution in [0.1, 0.15) is 29.8 Å². The van der Waals surface area contributed by atoms with E-state index in [4.69, 9.17) is 5.73 Å². The first-order valence-corrected chi connectivity index (χ1v) is 9.67. The van der Waals surface area contributed by atoms with E-state index in [0.717, 1.165) is 5.56 Å². The Morgan fingerprint density at radius 2 is 1.81 bits per heavy atom. The summed E-state index contributed by atoms with van der Waals surface area (Å²) >= 11 is 0. The van der Waals surface area contributed by atoms with Crippen LogP contribution in [0.4, 0.5) is 17.2 Å². The molecule has 0 spiro atoms. The number of nitrogens with one attached hydrogen (secondary N) is 2. The molecule has 9 nitrogen and oxygen atoms in total. The van der Waals surface area contributed by atoms with Crippen molar-refractivity contribution in [1.82, 2.24) is 9.55 Å². The summed E-state index contributed by atoms with van der Waals surface area (Å²) in [5, 5.41) is 2.62. The Balaban J connectivity index is 2.04. The van der Waals surface area contributed by atoms with Gasteiger partial charge in [0.25, 0.3) is 11.5 Å². The van der Waals surface area contributed by atoms with Crippen molar-refractivity contribution in [2.24, 2.45) is 0 Å². The maximum absolute atomic E-state index is 13.2. The van der Waals surface area contributed by atoms with E-state index >= 15 is 0 Å². The Morgan fingerprint density at radius 3 is 2.45 bits per heavy atom. The van der Waals surface area contributed by atoms with Crippen LogP contribution in [0.5, 0.6) is 0 Å². The lowest BCUT2D eigenvalue weighted by molar-refractivity contribution is -0.114. The first-order chi connectivity index (χ1) is 14.8. The van der Waals surface area contributed by atoms with Gasteiger partial charge < -0.3 is 16.0 Å². The van der Waals surface area contributed by atoms with Gasteiger partial charge in [-0.15, -0.1) is 0 Å². The molecular formula is C22H23N5O4. The van der Waals surface area contributed by atoms with Gasteiger partial charge in [0.2, 0.25) is 5.91 Å². The molecule has 1 aromatic heterocycles. The second-order valence-electron chi connectivity index (χ2n) is 6.88. The number of hydrogen-bond donors (Lipinski definition) is 3. The van der Waals surface area contributed by atoms with Gasteiger partial charge in [-0.05, 0) is 30.7 Å². The number of nitrogens with two attached hydrogens (primary N) is 1. The SMILES string of the molecule is CCN(C(=O)c1cccc(NC(C)=O)c1)c1c(N)n(Cc2ccccc2)c(=O)[nH]c1=O. The van der Waals surface area contributed by atoms with E-state index in [1.807, 2.05) is 30.3 Å². The van der Waals surface area contributed by atoms with E-state index in [2.05, 4.69) is 10.3 Å². The van der Waals surface area contributed by atoms with Gasteiger partial charge in [-0.25, -0.2) is 4.79 Å². The number of carbonyl (C=O) groups is 2. The first-order valence-electron chi connectivity index (χ1n) is 9.67. The first kappa shape index (κ1) is 21.6. The van der Waals surface area contributed by atoms with Crippen LogP contribution in [-0.4, -0.2) is 27.9 Å². The molecule has 0 fully saturated rings. The monoisotopic (exact) mass is 421 g/mol. The molecule has 0 saturated heterocycles. The molecule has 0 aliphatic carbocycles. The number of aromatic amines is 1. The fourth-order valence-corrected chi connectivity index (χ4v) is 3.25. The minimum Gasteiger partial charge on any atom is -0.383 e. The molecule has 4 N–H and O–H groups in total. The summed E-state index contributed by atoms with van der Waals surface area (Å²) in [4.78, 5) is 53.0. The maximum Gasteiger partial charge on any atom is 0.330 e. The summed E-state index contributed by atoms with van der Waals surface area (Å²) in [6.45, 7) is 3.34. The molecule has 0 saturated carbocycles. The van der Waals surface area contributed by atoms with E-state index in [1.54, 1.807) is 25.1 Å². The minimum atomic E-state index is -0.750. The Bertz CT molecular complexity index is 1230. The number of hydrogen-bond acceptors (Lipinski definition) is 5. The second-order valence-corrected chi connectivity index (χ2v) is 6.88. The molecule has 9 heteroatoms. The van der Waals surface area contributed by atoms with Gasteiger partial charge in [-0.1, -0.05) is 36.4 Å². The smallest absolute Gasteiger partial charge is 0.330 e. The van der Waals surface area contributed by atoms with Gasteiger partial charge in [-0.3, -0.25) is 23.9 Å². The van der Waals surface area contributed by atoms with Crippen LogP contribution < -0.4 is 27.2 Å². The summed E-state index contributed by atoms with van der Waals surface area (Å²) in [5.41, 5.74) is 6.22. The molecule has 31 heavy (non-hydrogen) atoms. The number of nitrogens with zero attached hydrogens (tertiary/aromatic N) is 2. The summed E-state index contributed by atoms with van der Waals surface area (Å²) in [5.74, 6) is -0.867. The van der Waals surface area contributed by atoms with Crippen LogP contribution in [0.15, 0.2) is 64.2 Å². The highest BCUT2D eigenvalue weighted by atomic mass is 16.2. The standard InChI is InChI=1S/C22H23N5O4/c1-3-26(21(30)16-10-7-11-17(12-16)24-14(2)28)18-19(23)27(22(31)25-20(18)29)13-15-8-5-4-6-9-15/h4-12H,3,13,23H2,1-2H3,(H,24,28)(H,25,29,31). The lowest BCUT2D eigenvalue weighted by atomic mass is 10.1. The second kappa shape index (κ2) is 9.12. The highest BCUT2D eigenvalue weighted by molar-refractivity contribution is 6.08. The Morgan fingerprint density at radius 1 is 1.10 bits per heavy atom. The Kier molecular flexibility index (Phi) is 6.35. The van der Waals surface area contributed by atoms with E-state index in [0.29, 0.717) is 5.69 Å². The van der Waals surface area contributed by atoms with Crippen LogP contribution in [0.2, 0.25) is 0 Å². The van der Waals surface area contributed by atoms with Crippen molar-refractivity contribution in [1.29, 1.82) is 0 Å². The van der Waals surface area contributed by atoms with Crippen molar-refractivity contribution in [2.75, 3.05) is 22.5 Å². The third kappa shape index (κ3) is 4.72. The molecule has 0 aliphatic rings. The van der Waals surface area contributed by atoms with E-state index in [-0.39, 0.29) is 36.1 Å². The van der Waals surface area contributed by atoms with Gasteiger partial charge in [0.1, 0.15) is 5.82 Å². The lowest BCUT2D eigenvalue weighted by Gasteiger charge is -2.23. The van der Waals surface area contributed by atoms with Crippen LogP contribution in [0.3, 0.4) is 0 Å². The number of carbonyl (C=O) groups excluding carboxylic acids is 2. The van der Waals surface area contributed by atoms with Crippen molar-refractivity contribution in [3.63, 3.8) is 0 Å². The predicted octanol–water partition coefficient (Wildman–Crippen LogP) is 1.79. The zero-order valence-electron chi connectivity index (χ0n) is 17.2. The van der Waals surface area contributed by atoms with Crippen molar-refractivity contribution in [3.05, 3.63) is 86.6 Å². The van der Waals surface area contributed by atoms with Gasteiger partial charge in [0, 0.05) is 24.7 Å². The molecule has 160 valence electrons. The maximum atomic E-state index is 13.2. The fourth-order valence-electron chi connectivity index (χ4n) is 3.25. The number of nitrogen functional groups attached to an aromatic ring is 1. The number of anilines is 3. The number of benzene rings is 2. The third-order valence-electron chi connectivity index (χ3n) is 4.66. The van der Waals surface area contributed by atoms with Gasteiger partial charge in [0.05, 0.1) is 6.54 Å². The van der Waals surface area contributed by atoms with Crippen molar-refractivity contribution >= 4 is 29.0 Å². The largest absolute Gasteiger partial charge is 0.383 e. The van der Waals surface area contributed by atoms with Crippen molar-refractivity contribution in [2.45, 2.75) is 20.4 Å². The van der Waals surface area contributed by atoms with Crippen LogP contribution >= 0.6 is 0 Å². The molecule has 2 aromatic carbocycles. The average molecular weight is 421 g/mol. The third-order valence-corrected chi connectivity index (χ3v) is 4.66. The van der Waals surface area contributed by atoms with Crippen LogP contribution in [-0.2, 0) is 11.3 Å². The fraction of sp³-hybridized carbons (Fsp3) is 0.182. The van der Waals surface area contributed by atoms with Crippen LogP contribution in [0, 0.1) is 0 Å². The molecule has 0 aliphatic heterocycles. The van der Waals surface area contributed by atoms with Crippen molar-refractivity contribution in [3.8, 4) is 0 Å². The number of aromatic nitrogens is 2. The summed E-state index contributed by atoms with van der Waals surface area (Å²) in [6.07, 6.45) is 0. The van der Waals surface area contributed by atoms with E-state index in [1.165, 1.54) is 22.5 Å². The van der Waals surface area contributed by atoms with Gasteiger partial charge in [0.15, 0.2) is 5.69 Å². The minimum absolute atomic E-state index is 0.104. The number of amides is 2. The predicted molar refractivity (Wildman–Crippen MR) is 119 cm³/mol. The molecule has 1 heterocycles. The van der Waals surface area contributed by atoms with Crippen LogP contribution in [0.25, 0.3) is 0 Å². The topological polar surface area (TPSA) is 130 Å². The van der Waals surface area contributed by atoms with Gasteiger partial charge >= 0.3 is 5.69 Å². The highest BCUT2D eigenvalue weighted by Gasteiger charge is 2.24. The molecule has 0 radical (unpaired) electrons. The summed E-state index contributed by atoms with van der Waals surface area (Å²) < 4.78 is 1.22. The Hall–Kier alpha value is -4.14. The quantitative estimate of drug-likeness (QED) is 0.559. The molecule has 3 rings (SSSR count). The molecule has 0 atom stereocenters. The molecular weight excluding hydrogens is 398 g/mol. The zero-order valence-corrected chi connectivity index (χ0v) is 17.2.